The summed E-state index contributed by atoms with van der Waals surface area (Å²) in [5, 5.41) is 0.0897. The number of aromatic nitrogens is 2. The SMILES string of the molecule is CCc1cccc(-n2c(=S)[nH]c3cc(F)c(Cl)cc32)c1. The smallest absolute Gasteiger partial charge is 0.182 e. The predicted molar refractivity (Wildman–Crippen MR) is 82.8 cm³/mol. The number of benzene rings is 2. The molecular formula is C15H12ClFN2S. The van der Waals surface area contributed by atoms with E-state index >= 15 is 0 Å². The molecule has 0 fully saturated rings. The topological polar surface area (TPSA) is 20.7 Å². The van der Waals surface area contributed by atoms with Crippen LogP contribution in [-0.2, 0) is 6.42 Å². The highest BCUT2D eigenvalue weighted by Gasteiger charge is 2.10. The predicted octanol–water partition coefficient (Wildman–Crippen LogP) is 5.04. The first kappa shape index (κ1) is 13.3. The molecule has 1 N–H and O–H groups in total. The van der Waals surface area contributed by atoms with E-state index in [1.165, 1.54) is 11.6 Å². The van der Waals surface area contributed by atoms with Crippen molar-refractivity contribution in [3.8, 4) is 5.69 Å². The summed E-state index contributed by atoms with van der Waals surface area (Å²) in [7, 11) is 0. The highest BCUT2D eigenvalue weighted by atomic mass is 35.5. The van der Waals surface area contributed by atoms with Crippen LogP contribution in [0.4, 0.5) is 4.39 Å². The van der Waals surface area contributed by atoms with Crippen molar-refractivity contribution in [2.45, 2.75) is 13.3 Å². The number of aromatic amines is 1. The molecule has 102 valence electrons. The van der Waals surface area contributed by atoms with Crippen molar-refractivity contribution in [1.82, 2.24) is 9.55 Å². The molecule has 0 aliphatic carbocycles. The van der Waals surface area contributed by atoms with E-state index in [2.05, 4.69) is 24.0 Å². The minimum absolute atomic E-state index is 0.0897. The Kier molecular flexibility index (Phi) is 3.36. The molecular weight excluding hydrogens is 295 g/mol. The van der Waals surface area contributed by atoms with Gasteiger partial charge in [-0.25, -0.2) is 4.39 Å². The third-order valence-electron chi connectivity index (χ3n) is 3.30. The fourth-order valence-electron chi connectivity index (χ4n) is 2.27. The van der Waals surface area contributed by atoms with Gasteiger partial charge >= 0.3 is 0 Å². The van der Waals surface area contributed by atoms with E-state index in [1.54, 1.807) is 6.07 Å². The van der Waals surface area contributed by atoms with Gasteiger partial charge in [0.25, 0.3) is 0 Å². The molecule has 3 aromatic rings. The highest BCUT2D eigenvalue weighted by Crippen LogP contribution is 2.25. The number of H-pyrrole nitrogens is 1. The quantitative estimate of drug-likeness (QED) is 0.658. The summed E-state index contributed by atoms with van der Waals surface area (Å²) in [5.74, 6) is -0.454. The Morgan fingerprint density at radius 3 is 2.85 bits per heavy atom. The van der Waals surface area contributed by atoms with Crippen LogP contribution in [0.2, 0.25) is 5.02 Å². The summed E-state index contributed by atoms with van der Waals surface area (Å²) in [6.07, 6.45) is 0.943. The average Bonchev–Trinajstić information content (AvgIpc) is 2.74. The molecule has 0 bridgehead atoms. The van der Waals surface area contributed by atoms with Crippen LogP contribution in [0.15, 0.2) is 36.4 Å². The lowest BCUT2D eigenvalue weighted by Crippen LogP contribution is -1.95. The van der Waals surface area contributed by atoms with Crippen LogP contribution in [-0.4, -0.2) is 9.55 Å². The first-order chi connectivity index (χ1) is 9.60. The van der Waals surface area contributed by atoms with Gasteiger partial charge in [0.2, 0.25) is 0 Å². The van der Waals surface area contributed by atoms with Gasteiger partial charge in [0.05, 0.1) is 16.1 Å². The second-order valence-electron chi connectivity index (χ2n) is 4.57. The maximum absolute atomic E-state index is 13.5. The number of hydrogen-bond donors (Lipinski definition) is 1. The first-order valence-corrected chi connectivity index (χ1v) is 7.08. The van der Waals surface area contributed by atoms with Gasteiger partial charge in [-0.05, 0) is 42.4 Å². The summed E-state index contributed by atoms with van der Waals surface area (Å²) in [6, 6.07) is 11.1. The molecule has 2 aromatic carbocycles. The molecule has 3 rings (SSSR count). The first-order valence-electron chi connectivity index (χ1n) is 6.29. The van der Waals surface area contributed by atoms with Gasteiger partial charge in [-0.15, -0.1) is 0 Å². The van der Waals surface area contributed by atoms with Crippen LogP contribution in [0, 0.1) is 10.6 Å². The summed E-state index contributed by atoms with van der Waals surface area (Å²) < 4.78 is 15.9. The molecule has 0 aliphatic rings. The normalized spacial score (nSPS) is 11.2. The van der Waals surface area contributed by atoms with Crippen molar-refractivity contribution in [3.63, 3.8) is 0 Å². The Labute approximate surface area is 125 Å². The molecule has 0 saturated heterocycles. The fourth-order valence-corrected chi connectivity index (χ4v) is 2.75. The molecule has 5 heteroatoms. The van der Waals surface area contributed by atoms with Gasteiger partial charge < -0.3 is 4.98 Å². The molecule has 2 nitrogen and oxygen atoms in total. The van der Waals surface area contributed by atoms with E-state index in [9.17, 15) is 4.39 Å². The van der Waals surface area contributed by atoms with E-state index in [0.717, 1.165) is 17.6 Å². The number of halogens is 2. The van der Waals surface area contributed by atoms with Crippen molar-refractivity contribution in [3.05, 3.63) is 57.6 Å². The summed E-state index contributed by atoms with van der Waals surface area (Å²) in [4.78, 5) is 3.01. The van der Waals surface area contributed by atoms with Crippen LogP contribution in [0.3, 0.4) is 0 Å². The second kappa shape index (κ2) is 5.04. The van der Waals surface area contributed by atoms with E-state index in [4.69, 9.17) is 23.8 Å². The molecule has 0 saturated carbocycles. The Balaban J connectivity index is 2.32. The van der Waals surface area contributed by atoms with Crippen LogP contribution in [0.1, 0.15) is 12.5 Å². The minimum atomic E-state index is -0.454. The molecule has 0 amide bonds. The summed E-state index contributed by atoms with van der Waals surface area (Å²) in [6.45, 7) is 2.10. The number of fused-ring (bicyclic) bond motifs is 1. The maximum Gasteiger partial charge on any atom is 0.182 e. The molecule has 20 heavy (non-hydrogen) atoms. The molecule has 1 aromatic heterocycles. The molecule has 0 spiro atoms. The Morgan fingerprint density at radius 2 is 2.10 bits per heavy atom. The van der Waals surface area contributed by atoms with Gasteiger partial charge in [-0.2, -0.15) is 0 Å². The zero-order valence-corrected chi connectivity index (χ0v) is 12.4. The van der Waals surface area contributed by atoms with Crippen LogP contribution < -0.4 is 0 Å². The van der Waals surface area contributed by atoms with Gasteiger partial charge in [-0.1, -0.05) is 30.7 Å². The largest absolute Gasteiger partial charge is 0.330 e. The molecule has 0 aliphatic heterocycles. The lowest BCUT2D eigenvalue weighted by atomic mass is 10.1. The summed E-state index contributed by atoms with van der Waals surface area (Å²) in [5.41, 5.74) is 3.57. The standard InChI is InChI=1S/C15H12ClFN2S/c1-2-9-4-3-5-10(6-9)19-14-7-11(16)12(17)8-13(14)18-15(19)20/h3-8H,2H2,1H3,(H,18,20). The van der Waals surface area contributed by atoms with Gasteiger partial charge in [0, 0.05) is 11.8 Å². The van der Waals surface area contributed by atoms with Crippen molar-refractivity contribution >= 4 is 34.9 Å². The third-order valence-corrected chi connectivity index (χ3v) is 3.88. The Bertz CT molecular complexity index is 851. The lowest BCUT2D eigenvalue weighted by molar-refractivity contribution is 0.630. The zero-order valence-electron chi connectivity index (χ0n) is 10.8. The van der Waals surface area contributed by atoms with Crippen LogP contribution in [0.5, 0.6) is 0 Å². The lowest BCUT2D eigenvalue weighted by Gasteiger charge is -2.07. The molecule has 1 heterocycles. The van der Waals surface area contributed by atoms with Crippen molar-refractivity contribution in [1.29, 1.82) is 0 Å². The van der Waals surface area contributed by atoms with Crippen molar-refractivity contribution in [2.24, 2.45) is 0 Å². The van der Waals surface area contributed by atoms with Gasteiger partial charge in [0.15, 0.2) is 4.77 Å². The van der Waals surface area contributed by atoms with Crippen molar-refractivity contribution < 1.29 is 4.39 Å². The number of aryl methyl sites for hydroxylation is 1. The zero-order chi connectivity index (χ0) is 14.3. The van der Waals surface area contributed by atoms with Crippen molar-refractivity contribution in [2.75, 3.05) is 0 Å². The van der Waals surface area contributed by atoms with E-state index in [1.807, 2.05) is 16.7 Å². The highest BCUT2D eigenvalue weighted by molar-refractivity contribution is 7.71. The maximum atomic E-state index is 13.5. The number of nitrogens with zero attached hydrogens (tertiary/aromatic N) is 1. The number of imidazole rings is 1. The number of rotatable bonds is 2. The van der Waals surface area contributed by atoms with E-state index in [-0.39, 0.29) is 5.02 Å². The van der Waals surface area contributed by atoms with Gasteiger partial charge in [-0.3, -0.25) is 4.57 Å². The minimum Gasteiger partial charge on any atom is -0.330 e. The third kappa shape index (κ3) is 2.15. The Hall–Kier alpha value is -1.65. The van der Waals surface area contributed by atoms with Gasteiger partial charge in [0.1, 0.15) is 5.82 Å². The average molecular weight is 307 g/mol. The molecule has 0 atom stereocenters. The number of hydrogen-bond acceptors (Lipinski definition) is 1. The number of nitrogens with one attached hydrogen (secondary N) is 1. The molecule has 0 radical (unpaired) electrons. The van der Waals surface area contributed by atoms with Crippen LogP contribution >= 0.6 is 23.8 Å². The van der Waals surface area contributed by atoms with E-state index < -0.39 is 5.82 Å². The second-order valence-corrected chi connectivity index (χ2v) is 5.37. The molecule has 0 unspecified atom stereocenters. The summed E-state index contributed by atoms with van der Waals surface area (Å²) >= 11 is 11.2. The van der Waals surface area contributed by atoms with Crippen LogP contribution in [0.25, 0.3) is 16.7 Å². The fraction of sp³-hybridized carbons (Fsp3) is 0.133. The Morgan fingerprint density at radius 1 is 1.30 bits per heavy atom. The monoisotopic (exact) mass is 306 g/mol. The van der Waals surface area contributed by atoms with E-state index in [0.29, 0.717) is 10.3 Å².